The molecule has 0 bridgehead atoms. The summed E-state index contributed by atoms with van der Waals surface area (Å²) in [6.07, 6.45) is 0.950. The first-order valence-electron chi connectivity index (χ1n) is 6.30. The van der Waals surface area contributed by atoms with Crippen LogP contribution in [0.4, 0.5) is 5.69 Å². The molecular weight excluding hydrogens is 224 g/mol. The minimum Gasteiger partial charge on any atom is -0.312 e. The number of hydrogen-bond acceptors (Lipinski definition) is 1. The van der Waals surface area contributed by atoms with E-state index in [4.69, 9.17) is 0 Å². The second-order valence-corrected chi connectivity index (χ2v) is 5.08. The van der Waals surface area contributed by atoms with Crippen molar-refractivity contribution in [1.82, 2.24) is 0 Å². The average molecular weight is 241 g/mol. The van der Waals surface area contributed by atoms with Crippen LogP contribution in [-0.4, -0.2) is 12.5 Å². The van der Waals surface area contributed by atoms with Gasteiger partial charge in [-0.25, -0.2) is 4.98 Å². The summed E-state index contributed by atoms with van der Waals surface area (Å²) in [6.45, 7) is 6.62. The van der Waals surface area contributed by atoms with Crippen molar-refractivity contribution in [2.45, 2.75) is 27.2 Å². The Hall–Kier alpha value is -1.90. The van der Waals surface area contributed by atoms with Gasteiger partial charge in [0.15, 0.2) is 5.69 Å². The molecule has 0 aliphatic carbocycles. The molecule has 1 aromatic carbocycles. The van der Waals surface area contributed by atoms with E-state index in [2.05, 4.69) is 37.0 Å². The standard InChI is InChI=1S/C15H16N2O/c1-9-6-10(2)16-14-7-12-4-5-17(11(3)18)15(12)8-13(9)14/h6-8H,4-5H2,1-3H3/p+1. The van der Waals surface area contributed by atoms with Gasteiger partial charge in [0.25, 0.3) is 0 Å². The van der Waals surface area contributed by atoms with Gasteiger partial charge in [0.2, 0.25) is 11.4 Å². The molecule has 0 saturated carbocycles. The molecule has 1 N–H and O–H groups in total. The van der Waals surface area contributed by atoms with Crippen LogP contribution in [0, 0.1) is 13.8 Å². The SMILES string of the molecule is CC(=O)N1CCc2cc3[nH+]c(C)cc(C)c3cc21. The van der Waals surface area contributed by atoms with Gasteiger partial charge in [-0.2, -0.15) is 0 Å². The van der Waals surface area contributed by atoms with Gasteiger partial charge in [0.1, 0.15) is 0 Å². The molecule has 1 aliphatic rings. The molecule has 2 heterocycles. The minimum absolute atomic E-state index is 0.127. The highest BCUT2D eigenvalue weighted by Gasteiger charge is 2.24. The summed E-state index contributed by atoms with van der Waals surface area (Å²) < 4.78 is 0. The van der Waals surface area contributed by atoms with E-state index < -0.39 is 0 Å². The second-order valence-electron chi connectivity index (χ2n) is 5.08. The van der Waals surface area contributed by atoms with E-state index in [1.807, 2.05) is 4.90 Å². The Bertz CT molecular complexity index is 661. The van der Waals surface area contributed by atoms with E-state index in [9.17, 15) is 4.79 Å². The Labute approximate surface area is 106 Å². The van der Waals surface area contributed by atoms with Crippen molar-refractivity contribution in [1.29, 1.82) is 0 Å². The van der Waals surface area contributed by atoms with Crippen LogP contribution in [0.25, 0.3) is 10.9 Å². The van der Waals surface area contributed by atoms with Crippen molar-refractivity contribution in [3.63, 3.8) is 0 Å². The quantitative estimate of drug-likeness (QED) is 0.696. The molecule has 2 aromatic rings. The lowest BCUT2D eigenvalue weighted by molar-refractivity contribution is -0.354. The average Bonchev–Trinajstić information content (AvgIpc) is 2.69. The second kappa shape index (κ2) is 3.80. The minimum atomic E-state index is 0.127. The number of nitrogens with one attached hydrogen (secondary N) is 1. The van der Waals surface area contributed by atoms with Crippen molar-refractivity contribution in [2.24, 2.45) is 0 Å². The topological polar surface area (TPSA) is 34.5 Å². The number of hydrogen-bond donors (Lipinski definition) is 0. The molecule has 0 fully saturated rings. The van der Waals surface area contributed by atoms with Gasteiger partial charge in [0.05, 0.1) is 5.39 Å². The predicted octanol–water partition coefficient (Wildman–Crippen LogP) is 2.18. The fourth-order valence-electron chi connectivity index (χ4n) is 2.85. The van der Waals surface area contributed by atoms with Gasteiger partial charge in [-0.15, -0.1) is 0 Å². The number of rotatable bonds is 0. The Morgan fingerprint density at radius 3 is 2.78 bits per heavy atom. The maximum absolute atomic E-state index is 11.6. The van der Waals surface area contributed by atoms with Crippen molar-refractivity contribution < 1.29 is 9.78 Å². The smallest absolute Gasteiger partial charge is 0.223 e. The van der Waals surface area contributed by atoms with Crippen LogP contribution >= 0.6 is 0 Å². The number of nitrogens with zero attached hydrogens (tertiary/aromatic N) is 1. The van der Waals surface area contributed by atoms with Gasteiger partial charge in [-0.3, -0.25) is 4.79 Å². The Morgan fingerprint density at radius 2 is 2.06 bits per heavy atom. The van der Waals surface area contributed by atoms with Crippen LogP contribution in [-0.2, 0) is 11.2 Å². The molecule has 1 aromatic heterocycles. The highest BCUT2D eigenvalue weighted by molar-refractivity contribution is 5.97. The number of H-pyrrole nitrogens is 1. The normalized spacial score (nSPS) is 14.1. The first-order valence-corrected chi connectivity index (χ1v) is 6.30. The highest BCUT2D eigenvalue weighted by atomic mass is 16.2. The molecule has 0 saturated heterocycles. The Morgan fingerprint density at radius 1 is 1.28 bits per heavy atom. The zero-order chi connectivity index (χ0) is 12.9. The number of aryl methyl sites for hydroxylation is 2. The summed E-state index contributed by atoms with van der Waals surface area (Å²) >= 11 is 0. The monoisotopic (exact) mass is 241 g/mol. The number of aromatic amines is 1. The van der Waals surface area contributed by atoms with Crippen molar-refractivity contribution in [3.05, 3.63) is 35.0 Å². The number of pyridine rings is 1. The number of anilines is 1. The van der Waals surface area contributed by atoms with Crippen molar-refractivity contribution >= 4 is 22.5 Å². The zero-order valence-corrected chi connectivity index (χ0v) is 11.0. The molecule has 3 nitrogen and oxygen atoms in total. The van der Waals surface area contributed by atoms with Crippen LogP contribution < -0.4 is 9.88 Å². The molecule has 0 spiro atoms. The lowest BCUT2D eigenvalue weighted by Crippen LogP contribution is -2.25. The fraction of sp³-hybridized carbons (Fsp3) is 0.333. The van der Waals surface area contributed by atoms with Gasteiger partial charge in [0, 0.05) is 38.2 Å². The third-order valence-corrected chi connectivity index (χ3v) is 3.68. The molecule has 0 radical (unpaired) electrons. The number of carbonyl (C=O) groups excluding carboxylic acids is 1. The van der Waals surface area contributed by atoms with Crippen molar-refractivity contribution in [3.8, 4) is 0 Å². The summed E-state index contributed by atoms with van der Waals surface area (Å²) in [6, 6.07) is 6.47. The number of carbonyl (C=O) groups is 1. The third-order valence-electron chi connectivity index (χ3n) is 3.68. The van der Waals surface area contributed by atoms with Gasteiger partial charge in [-0.05, 0) is 30.5 Å². The molecule has 0 atom stereocenters. The van der Waals surface area contributed by atoms with E-state index in [1.165, 1.54) is 22.2 Å². The van der Waals surface area contributed by atoms with Crippen molar-refractivity contribution in [2.75, 3.05) is 11.4 Å². The predicted molar refractivity (Wildman–Crippen MR) is 71.7 cm³/mol. The lowest BCUT2D eigenvalue weighted by atomic mass is 10.0. The molecule has 1 aliphatic heterocycles. The van der Waals surface area contributed by atoms with E-state index in [1.54, 1.807) is 6.92 Å². The molecule has 18 heavy (non-hydrogen) atoms. The van der Waals surface area contributed by atoms with E-state index in [0.29, 0.717) is 0 Å². The van der Waals surface area contributed by atoms with Crippen LogP contribution in [0.15, 0.2) is 18.2 Å². The van der Waals surface area contributed by atoms with Crippen LogP contribution in [0.2, 0.25) is 0 Å². The fourth-order valence-corrected chi connectivity index (χ4v) is 2.85. The van der Waals surface area contributed by atoms with E-state index in [0.717, 1.165) is 24.2 Å². The zero-order valence-electron chi connectivity index (χ0n) is 11.0. The maximum atomic E-state index is 11.6. The first kappa shape index (κ1) is 11.2. The van der Waals surface area contributed by atoms with Gasteiger partial charge >= 0.3 is 0 Å². The first-order chi connectivity index (χ1) is 8.56. The number of fused-ring (bicyclic) bond motifs is 2. The van der Waals surface area contributed by atoms with Crippen LogP contribution in [0.5, 0.6) is 0 Å². The summed E-state index contributed by atoms with van der Waals surface area (Å²) in [5.41, 5.74) is 5.92. The number of amides is 1. The highest BCUT2D eigenvalue weighted by Crippen LogP contribution is 2.32. The Balaban J connectivity index is 2.27. The largest absolute Gasteiger partial charge is 0.312 e. The number of benzene rings is 1. The van der Waals surface area contributed by atoms with Gasteiger partial charge < -0.3 is 4.90 Å². The van der Waals surface area contributed by atoms with Gasteiger partial charge in [-0.1, -0.05) is 0 Å². The molecule has 1 amide bonds. The molecule has 3 rings (SSSR count). The van der Waals surface area contributed by atoms with Crippen LogP contribution in [0.3, 0.4) is 0 Å². The lowest BCUT2D eigenvalue weighted by Gasteiger charge is -2.14. The summed E-state index contributed by atoms with van der Waals surface area (Å²) in [5, 5.41) is 1.20. The molecule has 0 unspecified atom stereocenters. The third kappa shape index (κ3) is 1.58. The number of aromatic nitrogens is 1. The summed E-state index contributed by atoms with van der Waals surface area (Å²) in [4.78, 5) is 16.9. The van der Waals surface area contributed by atoms with Crippen LogP contribution in [0.1, 0.15) is 23.7 Å². The molecular formula is C15H17N2O+. The maximum Gasteiger partial charge on any atom is 0.223 e. The van der Waals surface area contributed by atoms with E-state index >= 15 is 0 Å². The van der Waals surface area contributed by atoms with E-state index in [-0.39, 0.29) is 5.91 Å². The summed E-state index contributed by atoms with van der Waals surface area (Å²) in [5.74, 6) is 0.127. The molecule has 92 valence electrons. The summed E-state index contributed by atoms with van der Waals surface area (Å²) in [7, 11) is 0. The Kier molecular flexibility index (Phi) is 2.37. The molecule has 3 heteroatoms.